The molecule has 0 saturated carbocycles. The molecule has 0 aliphatic heterocycles. The minimum atomic E-state index is -0.288. The first-order valence-electron chi connectivity index (χ1n) is 10.1. The summed E-state index contributed by atoms with van der Waals surface area (Å²) < 4.78 is 3.54. The number of thioether (sulfide) groups is 1. The van der Waals surface area contributed by atoms with Crippen molar-refractivity contribution in [2.75, 3.05) is 6.26 Å². The van der Waals surface area contributed by atoms with Crippen LogP contribution in [0, 0.1) is 6.92 Å². The van der Waals surface area contributed by atoms with Crippen LogP contribution in [0.15, 0.2) is 58.5 Å². The van der Waals surface area contributed by atoms with E-state index in [2.05, 4.69) is 57.2 Å². The Morgan fingerprint density at radius 2 is 1.93 bits per heavy atom. The van der Waals surface area contributed by atoms with E-state index in [4.69, 9.17) is 10.1 Å². The van der Waals surface area contributed by atoms with E-state index in [1.165, 1.54) is 22.9 Å². The van der Waals surface area contributed by atoms with Gasteiger partial charge in [0.25, 0.3) is 5.56 Å². The highest BCUT2D eigenvalue weighted by Gasteiger charge is 2.36. The number of benzene rings is 2. The molecule has 0 unspecified atom stereocenters. The van der Waals surface area contributed by atoms with Crippen molar-refractivity contribution in [3.63, 3.8) is 0 Å². The van der Waals surface area contributed by atoms with Crippen LogP contribution in [0.3, 0.4) is 0 Å². The molecule has 0 spiro atoms. The molecule has 5 nitrogen and oxygen atoms in total. The average Bonchev–Trinajstić information content (AvgIpc) is 3.05. The largest absolute Gasteiger partial charge is 0.268 e. The second kappa shape index (κ2) is 6.84. The predicted octanol–water partition coefficient (Wildman–Crippen LogP) is 4.47. The molecule has 1 aliphatic rings. The third-order valence-corrected chi connectivity index (χ3v) is 6.50. The minimum absolute atomic E-state index is 0.00524. The number of rotatable bonds is 3. The molecule has 152 valence electrons. The quantitative estimate of drug-likeness (QED) is 0.463. The van der Waals surface area contributed by atoms with Gasteiger partial charge in [-0.15, -0.1) is 5.10 Å². The average molecular weight is 417 g/mol. The van der Waals surface area contributed by atoms with E-state index in [1.54, 1.807) is 4.40 Å². The van der Waals surface area contributed by atoms with Crippen LogP contribution in [0.25, 0.3) is 17.0 Å². The molecule has 0 N–H and O–H groups in total. The molecule has 0 fully saturated rings. The topological polar surface area (TPSA) is 52.2 Å². The fourth-order valence-electron chi connectivity index (χ4n) is 4.54. The highest BCUT2D eigenvalue weighted by Crippen LogP contribution is 2.40. The maximum atomic E-state index is 13.8. The second-order valence-electron chi connectivity index (χ2n) is 8.63. The Balaban J connectivity index is 1.81. The molecule has 6 heteroatoms. The van der Waals surface area contributed by atoms with Crippen molar-refractivity contribution in [2.45, 2.75) is 44.3 Å². The zero-order chi connectivity index (χ0) is 21.0. The van der Waals surface area contributed by atoms with Gasteiger partial charge in [0, 0.05) is 11.0 Å². The smallest absolute Gasteiger partial charge is 0.265 e. The van der Waals surface area contributed by atoms with Crippen LogP contribution in [0.5, 0.6) is 0 Å². The first-order valence-corrected chi connectivity index (χ1v) is 11.3. The van der Waals surface area contributed by atoms with Crippen LogP contribution in [0.1, 0.15) is 36.1 Å². The Labute approximate surface area is 179 Å². The zero-order valence-electron chi connectivity index (χ0n) is 17.6. The van der Waals surface area contributed by atoms with Gasteiger partial charge in [-0.05, 0) is 30.7 Å². The number of fused-ring (bicyclic) bond motifs is 4. The molecule has 1 aliphatic carbocycles. The predicted molar refractivity (Wildman–Crippen MR) is 121 cm³/mol. The van der Waals surface area contributed by atoms with Crippen LogP contribution in [-0.2, 0) is 18.4 Å². The Morgan fingerprint density at radius 1 is 1.13 bits per heavy atom. The van der Waals surface area contributed by atoms with Gasteiger partial charge < -0.3 is 0 Å². The van der Waals surface area contributed by atoms with Crippen molar-refractivity contribution in [2.24, 2.45) is 0 Å². The van der Waals surface area contributed by atoms with Gasteiger partial charge in [-0.2, -0.15) is 0 Å². The first kappa shape index (κ1) is 19.1. The number of aromatic nitrogens is 4. The van der Waals surface area contributed by atoms with E-state index in [0.717, 1.165) is 28.8 Å². The summed E-state index contributed by atoms with van der Waals surface area (Å²) in [6, 6.07) is 16.6. The fraction of sp³-hybridized carbons (Fsp3) is 0.292. The number of hydrogen-bond donors (Lipinski definition) is 0. The van der Waals surface area contributed by atoms with Crippen LogP contribution in [0.4, 0.5) is 0 Å². The van der Waals surface area contributed by atoms with E-state index in [0.29, 0.717) is 17.5 Å². The van der Waals surface area contributed by atoms with Gasteiger partial charge in [0.05, 0.1) is 17.8 Å². The highest BCUT2D eigenvalue weighted by atomic mass is 32.2. The van der Waals surface area contributed by atoms with Crippen molar-refractivity contribution in [1.82, 2.24) is 19.2 Å². The normalized spacial score (nSPS) is 14.5. The monoisotopic (exact) mass is 416 g/mol. The van der Waals surface area contributed by atoms with E-state index in [-0.39, 0.29) is 11.0 Å². The Bertz CT molecular complexity index is 1350. The van der Waals surface area contributed by atoms with Crippen LogP contribution < -0.4 is 5.56 Å². The summed E-state index contributed by atoms with van der Waals surface area (Å²) >= 11 is 1.47. The lowest BCUT2D eigenvalue weighted by molar-refractivity contribution is 0.505. The SMILES string of the molecule is CSc1nn(Cc2cccc(C)c2)c2nc3c(c(=O)n12)C(C)(C)Cc1ccccc1-3. The molecule has 0 amide bonds. The maximum absolute atomic E-state index is 13.8. The molecule has 0 radical (unpaired) electrons. The third kappa shape index (κ3) is 2.89. The second-order valence-corrected chi connectivity index (χ2v) is 9.40. The Kier molecular flexibility index (Phi) is 4.36. The van der Waals surface area contributed by atoms with E-state index < -0.39 is 0 Å². The summed E-state index contributed by atoms with van der Waals surface area (Å²) in [6.07, 6.45) is 2.77. The summed E-state index contributed by atoms with van der Waals surface area (Å²) in [5, 5.41) is 5.42. The summed E-state index contributed by atoms with van der Waals surface area (Å²) in [5.41, 5.74) is 5.92. The highest BCUT2D eigenvalue weighted by molar-refractivity contribution is 7.98. The molecule has 0 saturated heterocycles. The Hall–Kier alpha value is -2.86. The molecule has 4 aromatic rings. The molecule has 2 heterocycles. The summed E-state index contributed by atoms with van der Waals surface area (Å²) in [4.78, 5) is 18.8. The molecule has 5 rings (SSSR count). The lowest BCUT2D eigenvalue weighted by atomic mass is 9.72. The third-order valence-electron chi connectivity index (χ3n) is 5.87. The lowest BCUT2D eigenvalue weighted by Gasteiger charge is -2.32. The van der Waals surface area contributed by atoms with Gasteiger partial charge in [0.15, 0.2) is 5.16 Å². The van der Waals surface area contributed by atoms with Crippen LogP contribution in [0.2, 0.25) is 0 Å². The van der Waals surface area contributed by atoms with Crippen molar-refractivity contribution >= 4 is 17.5 Å². The summed E-state index contributed by atoms with van der Waals surface area (Å²) in [6.45, 7) is 6.92. The van der Waals surface area contributed by atoms with Gasteiger partial charge in [-0.25, -0.2) is 14.1 Å². The summed E-state index contributed by atoms with van der Waals surface area (Å²) in [7, 11) is 0. The van der Waals surface area contributed by atoms with Crippen LogP contribution >= 0.6 is 11.8 Å². The molecule has 30 heavy (non-hydrogen) atoms. The first-order chi connectivity index (χ1) is 14.4. The van der Waals surface area contributed by atoms with Gasteiger partial charge in [0.2, 0.25) is 5.78 Å². The van der Waals surface area contributed by atoms with Crippen molar-refractivity contribution < 1.29 is 0 Å². The van der Waals surface area contributed by atoms with Gasteiger partial charge in [0.1, 0.15) is 0 Å². The molecular formula is C24H24N4OS. The number of aryl methyl sites for hydroxylation is 1. The fourth-order valence-corrected chi connectivity index (χ4v) is 5.07. The number of nitrogens with zero attached hydrogens (tertiary/aromatic N) is 4. The standard InChI is InChI=1S/C24H24N4OS/c1-15-8-7-9-16(12-15)14-27-22-25-20-18-11-6-5-10-17(18)13-24(2,3)19(20)21(29)28(22)23(26-27)30-4/h5-12H,13-14H2,1-4H3. The molecular weight excluding hydrogens is 392 g/mol. The molecule has 0 atom stereocenters. The Morgan fingerprint density at radius 3 is 2.70 bits per heavy atom. The number of hydrogen-bond acceptors (Lipinski definition) is 4. The van der Waals surface area contributed by atoms with Crippen molar-refractivity contribution in [1.29, 1.82) is 0 Å². The molecule has 0 bridgehead atoms. The van der Waals surface area contributed by atoms with Crippen molar-refractivity contribution in [3.05, 3.63) is 81.1 Å². The van der Waals surface area contributed by atoms with Gasteiger partial charge in [-0.1, -0.05) is 79.7 Å². The van der Waals surface area contributed by atoms with E-state index in [9.17, 15) is 4.79 Å². The van der Waals surface area contributed by atoms with Gasteiger partial charge >= 0.3 is 0 Å². The zero-order valence-corrected chi connectivity index (χ0v) is 18.5. The molecule has 2 aromatic heterocycles. The lowest BCUT2D eigenvalue weighted by Crippen LogP contribution is -2.36. The summed E-state index contributed by atoms with van der Waals surface area (Å²) in [5.74, 6) is 0.595. The molecule has 2 aromatic carbocycles. The van der Waals surface area contributed by atoms with E-state index in [1.807, 2.05) is 23.1 Å². The minimum Gasteiger partial charge on any atom is -0.268 e. The van der Waals surface area contributed by atoms with Crippen molar-refractivity contribution in [3.8, 4) is 11.3 Å². The van der Waals surface area contributed by atoms with E-state index >= 15 is 0 Å². The van der Waals surface area contributed by atoms with Crippen LogP contribution in [-0.4, -0.2) is 25.4 Å². The van der Waals surface area contributed by atoms with Gasteiger partial charge in [-0.3, -0.25) is 4.79 Å². The maximum Gasteiger partial charge on any atom is 0.265 e.